The molecule has 12 heteroatoms. The zero-order valence-corrected chi connectivity index (χ0v) is 15.2. The highest BCUT2D eigenvalue weighted by Crippen LogP contribution is 2.39. The molecular weight excluding hydrogens is 374 g/mol. The van der Waals surface area contributed by atoms with Gasteiger partial charge in [0.05, 0.1) is 19.0 Å². The minimum atomic E-state index is -3.02. The van der Waals surface area contributed by atoms with Crippen molar-refractivity contribution in [1.82, 2.24) is 19.5 Å². The van der Waals surface area contributed by atoms with Crippen molar-refractivity contribution in [2.24, 2.45) is 0 Å². The number of ether oxygens (including phenoxy) is 1. The van der Waals surface area contributed by atoms with Crippen LogP contribution in [0.4, 0.5) is 5.82 Å². The van der Waals surface area contributed by atoms with Crippen LogP contribution >= 0.6 is 0 Å². The maximum atomic E-state index is 10.1. The van der Waals surface area contributed by atoms with Crippen molar-refractivity contribution in [3.63, 3.8) is 0 Å². The van der Waals surface area contributed by atoms with Gasteiger partial charge in [-0.1, -0.05) is 5.92 Å². The molecule has 1 unspecified atom stereocenters. The molecule has 1 saturated heterocycles. The summed E-state index contributed by atoms with van der Waals surface area (Å²) in [6.07, 6.45) is -0.826. The van der Waals surface area contributed by atoms with Gasteiger partial charge in [-0.05, 0) is 19.8 Å². The van der Waals surface area contributed by atoms with Gasteiger partial charge in [0.2, 0.25) is 11.6 Å². The number of nitrogens with zero attached hydrogens (tertiary/aromatic N) is 4. The number of aliphatic hydroxyl groups excluding tert-OH is 1. The molecule has 0 bridgehead atoms. The van der Waals surface area contributed by atoms with E-state index in [-0.39, 0.29) is 29.2 Å². The van der Waals surface area contributed by atoms with E-state index in [9.17, 15) is 25.5 Å². The fourth-order valence-corrected chi connectivity index (χ4v) is 2.52. The number of nitrogens with one attached hydrogen (secondary N) is 1. The highest BCUT2D eigenvalue weighted by molar-refractivity contribution is 5.83. The Morgan fingerprint density at radius 1 is 1.39 bits per heavy atom. The number of aliphatic hydroxyl groups is 5. The lowest BCUT2D eigenvalue weighted by atomic mass is 10.1. The van der Waals surface area contributed by atoms with Gasteiger partial charge >= 0.3 is 0 Å². The molecule has 152 valence electrons. The second-order valence-electron chi connectivity index (χ2n) is 6.32. The fourth-order valence-electron chi connectivity index (χ4n) is 2.52. The summed E-state index contributed by atoms with van der Waals surface area (Å²) in [5.74, 6) is -0.252. The Morgan fingerprint density at radius 3 is 2.75 bits per heavy atom. The first-order valence-electron chi connectivity index (χ1n) is 8.47. The first kappa shape index (κ1) is 20.4. The lowest BCUT2D eigenvalue weighted by Gasteiger charge is -2.30. The molecular formula is C16H21N5O7. The predicted molar refractivity (Wildman–Crippen MR) is 93.1 cm³/mol. The van der Waals surface area contributed by atoms with E-state index >= 15 is 0 Å². The zero-order valence-electron chi connectivity index (χ0n) is 15.2. The third-order valence-corrected chi connectivity index (χ3v) is 3.96. The molecule has 12 nitrogen and oxygen atoms in total. The summed E-state index contributed by atoms with van der Waals surface area (Å²) in [7, 11) is 0. The molecule has 6 N–H and O–H groups in total. The van der Waals surface area contributed by atoms with Gasteiger partial charge in [0.25, 0.3) is 5.79 Å². The number of hydrogen-bond donors (Lipinski definition) is 6. The Morgan fingerprint density at radius 2 is 2.14 bits per heavy atom. The van der Waals surface area contributed by atoms with Crippen LogP contribution in [-0.2, 0) is 9.57 Å². The maximum Gasteiger partial charge on any atom is 0.268 e. The van der Waals surface area contributed by atoms with Crippen LogP contribution in [0.5, 0.6) is 0 Å². The number of hydrogen-bond acceptors (Lipinski definition) is 11. The summed E-state index contributed by atoms with van der Waals surface area (Å²) in [5, 5.41) is 49.1. The summed E-state index contributed by atoms with van der Waals surface area (Å²) in [4.78, 5) is 17.7. The summed E-state index contributed by atoms with van der Waals surface area (Å²) >= 11 is 0. The molecule has 0 amide bonds. The first-order chi connectivity index (χ1) is 13.2. The van der Waals surface area contributed by atoms with Crippen molar-refractivity contribution in [3.05, 3.63) is 12.2 Å². The second-order valence-corrected chi connectivity index (χ2v) is 6.32. The molecule has 2 aromatic rings. The van der Waals surface area contributed by atoms with Crippen molar-refractivity contribution in [2.75, 3.05) is 18.7 Å². The van der Waals surface area contributed by atoms with Gasteiger partial charge in [-0.15, -0.1) is 0 Å². The summed E-state index contributed by atoms with van der Waals surface area (Å²) in [6, 6.07) is 0. The Balaban J connectivity index is 2.08. The molecule has 2 aromatic heterocycles. The van der Waals surface area contributed by atoms with Gasteiger partial charge in [-0.2, -0.15) is 4.98 Å². The van der Waals surface area contributed by atoms with E-state index in [4.69, 9.17) is 9.57 Å². The van der Waals surface area contributed by atoms with Crippen LogP contribution < -0.4 is 5.48 Å². The van der Waals surface area contributed by atoms with E-state index in [2.05, 4.69) is 32.3 Å². The van der Waals surface area contributed by atoms with Gasteiger partial charge in [-0.25, -0.2) is 15.4 Å². The van der Waals surface area contributed by atoms with Gasteiger partial charge < -0.3 is 30.3 Å². The van der Waals surface area contributed by atoms with Gasteiger partial charge in [0.1, 0.15) is 6.61 Å². The van der Waals surface area contributed by atoms with E-state index in [1.807, 2.05) is 0 Å². The normalized spacial score (nSPS) is 21.3. The first-order valence-corrected chi connectivity index (χ1v) is 8.47. The lowest BCUT2D eigenvalue weighted by molar-refractivity contribution is -0.347. The van der Waals surface area contributed by atoms with E-state index < -0.39 is 30.5 Å². The maximum absolute atomic E-state index is 10.1. The van der Waals surface area contributed by atoms with Gasteiger partial charge in [0, 0.05) is 6.42 Å². The summed E-state index contributed by atoms with van der Waals surface area (Å²) in [6.45, 7) is 2.94. The predicted octanol–water partition coefficient (Wildman–Crippen LogP) is -1.80. The number of fused-ring (bicyclic) bond motifs is 1. The van der Waals surface area contributed by atoms with E-state index in [1.165, 1.54) is 6.33 Å². The third kappa shape index (κ3) is 3.64. The molecule has 0 aliphatic carbocycles. The smallest absolute Gasteiger partial charge is 0.268 e. The van der Waals surface area contributed by atoms with Gasteiger partial charge in [-0.3, -0.25) is 9.40 Å². The highest BCUT2D eigenvalue weighted by atomic mass is 16.7. The largest absolute Gasteiger partial charge is 0.392 e. The Kier molecular flexibility index (Phi) is 5.50. The van der Waals surface area contributed by atoms with Crippen molar-refractivity contribution in [1.29, 1.82) is 0 Å². The second kappa shape index (κ2) is 7.57. The molecule has 28 heavy (non-hydrogen) atoms. The standard InChI is InChI=1S/C16H21N5O7/c1-3-28-20-12-11-13(19-10(18-12)6-4-5-9(2)22)21(8-17-11)14-16(25,26)15(23,24)7-27-14/h8-9,14,22-26H,3,5,7H2,1-2H3,(H,18,19,20)/t9?,14-/m1/s1. The molecule has 0 radical (unpaired) electrons. The molecule has 0 spiro atoms. The summed E-state index contributed by atoms with van der Waals surface area (Å²) in [5.41, 5.74) is 2.91. The molecule has 0 saturated carbocycles. The Labute approximate surface area is 159 Å². The van der Waals surface area contributed by atoms with Crippen LogP contribution in [-0.4, -0.2) is 75.9 Å². The van der Waals surface area contributed by atoms with Crippen molar-refractivity contribution in [2.45, 2.75) is 44.2 Å². The number of aromatic nitrogens is 4. The molecule has 1 aliphatic rings. The lowest BCUT2D eigenvalue weighted by Crippen LogP contribution is -2.55. The zero-order chi connectivity index (χ0) is 20.5. The van der Waals surface area contributed by atoms with E-state index in [1.54, 1.807) is 13.8 Å². The SMILES string of the molecule is CCONc1nc(C#CCC(C)O)nc2c1ncn2[C@@H]1OCC(O)(O)C1(O)O. The Bertz CT molecular complexity index is 915. The molecule has 2 atom stereocenters. The van der Waals surface area contributed by atoms with Crippen LogP contribution in [0.3, 0.4) is 0 Å². The van der Waals surface area contributed by atoms with Gasteiger partial charge in [0.15, 0.2) is 23.2 Å². The number of imidazole rings is 1. The van der Waals surface area contributed by atoms with Crippen LogP contribution in [0.2, 0.25) is 0 Å². The van der Waals surface area contributed by atoms with Crippen molar-refractivity contribution < 1.29 is 35.1 Å². The number of anilines is 1. The highest BCUT2D eigenvalue weighted by Gasteiger charge is 2.61. The Hall–Kier alpha value is -2.37. The summed E-state index contributed by atoms with van der Waals surface area (Å²) < 4.78 is 6.28. The molecule has 1 aliphatic heterocycles. The minimum Gasteiger partial charge on any atom is -0.392 e. The average molecular weight is 395 g/mol. The average Bonchev–Trinajstić information content (AvgIpc) is 3.11. The van der Waals surface area contributed by atoms with Crippen LogP contribution in [0.15, 0.2) is 6.33 Å². The molecule has 3 rings (SSSR count). The van der Waals surface area contributed by atoms with Crippen LogP contribution in [0.25, 0.3) is 11.2 Å². The fraction of sp³-hybridized carbons (Fsp3) is 0.562. The molecule has 0 aromatic carbocycles. The number of rotatable bonds is 5. The topological polar surface area (TPSA) is 175 Å². The molecule has 3 heterocycles. The quantitative estimate of drug-likeness (QED) is 0.191. The van der Waals surface area contributed by atoms with Crippen molar-refractivity contribution in [3.8, 4) is 11.8 Å². The monoisotopic (exact) mass is 395 g/mol. The van der Waals surface area contributed by atoms with Crippen LogP contribution in [0, 0.1) is 11.8 Å². The van der Waals surface area contributed by atoms with Crippen molar-refractivity contribution >= 4 is 17.0 Å². The van der Waals surface area contributed by atoms with E-state index in [0.717, 1.165) is 4.57 Å². The minimum absolute atomic E-state index is 0.0517. The molecule has 1 fully saturated rings. The van der Waals surface area contributed by atoms with Crippen LogP contribution in [0.1, 0.15) is 32.3 Å². The third-order valence-electron chi connectivity index (χ3n) is 3.96. The van der Waals surface area contributed by atoms with E-state index in [0.29, 0.717) is 6.61 Å².